The number of methoxy groups -OCH3 is 1. The molecule has 1 N–H and O–H groups in total. The van der Waals surface area contributed by atoms with Crippen LogP contribution in [0.15, 0.2) is 22.7 Å². The van der Waals surface area contributed by atoms with Crippen LogP contribution in [0.1, 0.15) is 10.4 Å². The summed E-state index contributed by atoms with van der Waals surface area (Å²) in [6.45, 7) is -0.791. The molecule has 0 atom stereocenters. The van der Waals surface area contributed by atoms with Gasteiger partial charge in [0.25, 0.3) is 0 Å². The van der Waals surface area contributed by atoms with Gasteiger partial charge in [-0.15, -0.1) is 0 Å². The molecule has 5 nitrogen and oxygen atoms in total. The minimum absolute atomic E-state index is 0.293. The zero-order chi connectivity index (χ0) is 12.8. The van der Waals surface area contributed by atoms with E-state index in [1.807, 2.05) is 0 Å². The van der Waals surface area contributed by atoms with Gasteiger partial charge >= 0.3 is 5.97 Å². The summed E-state index contributed by atoms with van der Waals surface area (Å²) >= 11 is 3.24. The lowest BCUT2D eigenvalue weighted by atomic mass is 10.1. The van der Waals surface area contributed by atoms with Crippen molar-refractivity contribution >= 4 is 27.7 Å². The number of ketones is 1. The molecule has 0 heterocycles. The van der Waals surface area contributed by atoms with E-state index in [4.69, 9.17) is 14.6 Å². The van der Waals surface area contributed by atoms with Crippen LogP contribution in [0.2, 0.25) is 0 Å². The van der Waals surface area contributed by atoms with Crippen molar-refractivity contribution in [3.63, 3.8) is 0 Å². The smallest absolute Gasteiger partial charge is 0.329 e. The summed E-state index contributed by atoms with van der Waals surface area (Å²) in [5.41, 5.74) is 0.354. The standard InChI is InChI=1S/C11H11BrO5/c1-16-10-3-2-7(12)4-8(10)9(13)5-17-6-11(14)15/h2-4H,5-6H2,1H3,(H,14,15). The van der Waals surface area contributed by atoms with Gasteiger partial charge in [0.05, 0.1) is 12.7 Å². The number of ether oxygens (including phenoxy) is 2. The Balaban J connectivity index is 2.73. The maximum atomic E-state index is 11.7. The number of carboxylic acid groups (broad SMARTS) is 1. The van der Waals surface area contributed by atoms with Crippen LogP contribution in [0.5, 0.6) is 5.75 Å². The van der Waals surface area contributed by atoms with Gasteiger partial charge in [0.15, 0.2) is 5.78 Å². The number of Topliss-reactive ketones (excluding diaryl/α,β-unsaturated/α-hetero) is 1. The summed E-state index contributed by atoms with van der Waals surface area (Å²) in [4.78, 5) is 22.0. The maximum absolute atomic E-state index is 11.7. The summed E-state index contributed by atoms with van der Waals surface area (Å²) in [6, 6.07) is 4.99. The maximum Gasteiger partial charge on any atom is 0.329 e. The van der Waals surface area contributed by atoms with E-state index in [0.29, 0.717) is 11.3 Å². The first-order valence-electron chi connectivity index (χ1n) is 4.71. The lowest BCUT2D eigenvalue weighted by molar-refractivity contribution is -0.141. The Morgan fingerprint density at radius 2 is 2.06 bits per heavy atom. The molecule has 0 aliphatic rings. The fourth-order valence-electron chi connectivity index (χ4n) is 1.21. The zero-order valence-corrected chi connectivity index (χ0v) is 10.7. The van der Waals surface area contributed by atoms with Crippen molar-refractivity contribution in [3.8, 4) is 5.75 Å². The van der Waals surface area contributed by atoms with Gasteiger partial charge in [-0.1, -0.05) is 15.9 Å². The highest BCUT2D eigenvalue weighted by atomic mass is 79.9. The molecule has 0 saturated carbocycles. The first-order chi connectivity index (χ1) is 8.04. The molecule has 92 valence electrons. The number of hydrogen-bond donors (Lipinski definition) is 1. The molecule has 1 aromatic carbocycles. The van der Waals surface area contributed by atoms with Crippen molar-refractivity contribution in [2.75, 3.05) is 20.3 Å². The molecule has 0 aliphatic heterocycles. The Hall–Kier alpha value is -1.40. The fraction of sp³-hybridized carbons (Fsp3) is 0.273. The van der Waals surface area contributed by atoms with Crippen molar-refractivity contribution in [1.29, 1.82) is 0 Å². The van der Waals surface area contributed by atoms with Crippen LogP contribution in [-0.4, -0.2) is 37.2 Å². The van der Waals surface area contributed by atoms with Crippen LogP contribution in [0.25, 0.3) is 0 Å². The molecule has 0 radical (unpaired) electrons. The van der Waals surface area contributed by atoms with E-state index in [0.717, 1.165) is 4.47 Å². The van der Waals surface area contributed by atoms with E-state index in [-0.39, 0.29) is 12.4 Å². The third-order valence-electron chi connectivity index (χ3n) is 1.92. The molecule has 0 spiro atoms. The third-order valence-corrected chi connectivity index (χ3v) is 2.41. The lowest BCUT2D eigenvalue weighted by Crippen LogP contribution is -2.15. The Kier molecular flexibility index (Phi) is 5.11. The average molecular weight is 303 g/mol. The second kappa shape index (κ2) is 6.36. The molecule has 1 rings (SSSR count). The third kappa shape index (κ3) is 4.16. The quantitative estimate of drug-likeness (QED) is 0.810. The molecular weight excluding hydrogens is 292 g/mol. The molecule has 0 bridgehead atoms. The first kappa shape index (κ1) is 13.7. The van der Waals surface area contributed by atoms with Crippen molar-refractivity contribution in [3.05, 3.63) is 28.2 Å². The number of hydrogen-bond acceptors (Lipinski definition) is 4. The number of aliphatic carboxylic acids is 1. The van der Waals surface area contributed by atoms with E-state index in [2.05, 4.69) is 15.9 Å². The molecule has 1 aromatic rings. The summed E-state index contributed by atoms with van der Waals surface area (Å²) in [6.07, 6.45) is 0. The van der Waals surface area contributed by atoms with Crippen molar-refractivity contribution < 1.29 is 24.2 Å². The number of rotatable bonds is 6. The fourth-order valence-corrected chi connectivity index (χ4v) is 1.57. The topological polar surface area (TPSA) is 72.8 Å². The Labute approximate surface area is 106 Å². The second-order valence-electron chi connectivity index (χ2n) is 3.15. The van der Waals surface area contributed by atoms with Gasteiger partial charge < -0.3 is 14.6 Å². The van der Waals surface area contributed by atoms with Crippen LogP contribution in [-0.2, 0) is 9.53 Å². The summed E-state index contributed by atoms with van der Waals surface area (Å²) in [7, 11) is 1.46. The molecule has 17 heavy (non-hydrogen) atoms. The highest BCUT2D eigenvalue weighted by Crippen LogP contribution is 2.23. The minimum Gasteiger partial charge on any atom is -0.496 e. The van der Waals surface area contributed by atoms with E-state index in [1.165, 1.54) is 7.11 Å². The van der Waals surface area contributed by atoms with Crippen LogP contribution < -0.4 is 4.74 Å². The van der Waals surface area contributed by atoms with Gasteiger partial charge in [0.1, 0.15) is 19.0 Å². The molecule has 0 unspecified atom stereocenters. The highest BCUT2D eigenvalue weighted by molar-refractivity contribution is 9.10. The van der Waals surface area contributed by atoms with Crippen molar-refractivity contribution in [1.82, 2.24) is 0 Å². The predicted octanol–water partition coefficient (Wildman–Crippen LogP) is 1.74. The zero-order valence-electron chi connectivity index (χ0n) is 9.10. The van der Waals surface area contributed by atoms with Gasteiger partial charge in [0.2, 0.25) is 0 Å². The lowest BCUT2D eigenvalue weighted by Gasteiger charge is -2.07. The van der Waals surface area contributed by atoms with Crippen LogP contribution in [0, 0.1) is 0 Å². The minimum atomic E-state index is -1.11. The first-order valence-corrected chi connectivity index (χ1v) is 5.50. The van der Waals surface area contributed by atoms with E-state index in [9.17, 15) is 9.59 Å². The Morgan fingerprint density at radius 1 is 1.35 bits per heavy atom. The monoisotopic (exact) mass is 302 g/mol. The van der Waals surface area contributed by atoms with Crippen LogP contribution in [0.4, 0.5) is 0 Å². The normalized spacial score (nSPS) is 10.0. The van der Waals surface area contributed by atoms with Crippen molar-refractivity contribution in [2.45, 2.75) is 0 Å². The van der Waals surface area contributed by atoms with Gasteiger partial charge in [-0.05, 0) is 18.2 Å². The van der Waals surface area contributed by atoms with E-state index < -0.39 is 12.6 Å². The van der Waals surface area contributed by atoms with Crippen LogP contribution >= 0.6 is 15.9 Å². The number of halogens is 1. The number of benzene rings is 1. The second-order valence-corrected chi connectivity index (χ2v) is 4.07. The highest BCUT2D eigenvalue weighted by Gasteiger charge is 2.13. The Bertz CT molecular complexity index is 430. The molecule has 0 saturated heterocycles. The van der Waals surface area contributed by atoms with Crippen LogP contribution in [0.3, 0.4) is 0 Å². The Morgan fingerprint density at radius 3 is 2.65 bits per heavy atom. The van der Waals surface area contributed by atoms with Crippen molar-refractivity contribution in [2.24, 2.45) is 0 Å². The molecule has 0 aliphatic carbocycles. The van der Waals surface area contributed by atoms with Gasteiger partial charge in [-0.2, -0.15) is 0 Å². The van der Waals surface area contributed by atoms with Gasteiger partial charge in [0, 0.05) is 4.47 Å². The number of carbonyl (C=O) groups excluding carboxylic acids is 1. The average Bonchev–Trinajstić information content (AvgIpc) is 2.28. The van der Waals surface area contributed by atoms with Gasteiger partial charge in [-0.25, -0.2) is 4.79 Å². The number of carbonyl (C=O) groups is 2. The predicted molar refractivity (Wildman–Crippen MR) is 63.5 cm³/mol. The number of carboxylic acids is 1. The summed E-state index contributed by atoms with van der Waals surface area (Å²) in [5.74, 6) is -1.01. The SMILES string of the molecule is COc1ccc(Br)cc1C(=O)COCC(=O)O. The summed E-state index contributed by atoms with van der Waals surface area (Å²) in [5, 5.41) is 8.37. The molecule has 6 heteroatoms. The van der Waals surface area contributed by atoms with E-state index >= 15 is 0 Å². The molecule has 0 amide bonds. The molecular formula is C11H11BrO5. The molecule has 0 fully saturated rings. The van der Waals surface area contributed by atoms with E-state index in [1.54, 1.807) is 18.2 Å². The summed E-state index contributed by atoms with van der Waals surface area (Å²) < 4.78 is 10.5. The molecule has 0 aromatic heterocycles. The van der Waals surface area contributed by atoms with Gasteiger partial charge in [-0.3, -0.25) is 4.79 Å². The largest absolute Gasteiger partial charge is 0.496 e.